The van der Waals surface area contributed by atoms with Crippen LogP contribution >= 0.6 is 0 Å². The first-order chi connectivity index (χ1) is 11.8. The average Bonchev–Trinajstić information content (AvgIpc) is 2.47. The van der Waals surface area contributed by atoms with Gasteiger partial charge in [-0.25, -0.2) is 0 Å². The van der Waals surface area contributed by atoms with Crippen LogP contribution in [0.15, 0.2) is 42.1 Å². The lowest BCUT2D eigenvalue weighted by Crippen LogP contribution is -2.54. The van der Waals surface area contributed by atoms with Crippen molar-refractivity contribution in [2.24, 2.45) is 0 Å². The number of carbonyl (C=O) groups is 1. The monoisotopic (exact) mass is 410 g/mol. The van der Waals surface area contributed by atoms with Gasteiger partial charge in [0.05, 0.1) is 0 Å². The van der Waals surface area contributed by atoms with E-state index in [-0.39, 0.29) is 12.6 Å². The SMILES string of the molecule is C=C(COC(=O)CCc1ccccc1)[Si](C)(O[Si](C)(C)C)O[Si](C)(C)C. The minimum atomic E-state index is -2.63. The van der Waals surface area contributed by atoms with Crippen LogP contribution in [0.25, 0.3) is 0 Å². The van der Waals surface area contributed by atoms with Gasteiger partial charge in [0.1, 0.15) is 6.61 Å². The van der Waals surface area contributed by atoms with Crippen molar-refractivity contribution in [3.8, 4) is 0 Å². The molecule has 1 aromatic rings. The van der Waals surface area contributed by atoms with E-state index in [1.165, 1.54) is 0 Å². The van der Waals surface area contributed by atoms with E-state index in [9.17, 15) is 4.79 Å². The molecule has 0 aliphatic carbocycles. The molecule has 0 atom stereocenters. The maximum absolute atomic E-state index is 12.1. The van der Waals surface area contributed by atoms with Crippen molar-refractivity contribution >= 4 is 31.2 Å². The van der Waals surface area contributed by atoms with Gasteiger partial charge in [0.25, 0.3) is 0 Å². The minimum Gasteiger partial charge on any atom is -0.461 e. The number of esters is 1. The molecule has 0 N–H and O–H groups in total. The van der Waals surface area contributed by atoms with Crippen molar-refractivity contribution < 1.29 is 17.8 Å². The first-order valence-electron chi connectivity index (χ1n) is 9.09. The zero-order valence-electron chi connectivity index (χ0n) is 17.3. The fourth-order valence-corrected chi connectivity index (χ4v) is 14.0. The number of carbonyl (C=O) groups excluding carboxylic acids is 1. The molecule has 0 radical (unpaired) electrons. The average molecular weight is 411 g/mol. The third kappa shape index (κ3) is 9.09. The lowest BCUT2D eigenvalue weighted by atomic mass is 10.1. The molecule has 1 rings (SSSR count). The van der Waals surface area contributed by atoms with E-state index in [4.69, 9.17) is 13.0 Å². The number of ether oxygens (including phenoxy) is 1. The molecule has 1 aromatic carbocycles. The number of benzene rings is 1. The van der Waals surface area contributed by atoms with Crippen molar-refractivity contribution in [3.05, 3.63) is 47.7 Å². The van der Waals surface area contributed by atoms with Crippen molar-refractivity contribution in [1.82, 2.24) is 0 Å². The quantitative estimate of drug-likeness (QED) is 0.401. The molecule has 0 bridgehead atoms. The summed E-state index contributed by atoms with van der Waals surface area (Å²) in [5, 5.41) is 0.787. The van der Waals surface area contributed by atoms with Crippen LogP contribution in [-0.2, 0) is 24.2 Å². The van der Waals surface area contributed by atoms with Gasteiger partial charge in [0, 0.05) is 11.6 Å². The molecule has 26 heavy (non-hydrogen) atoms. The third-order valence-corrected chi connectivity index (χ3v) is 13.0. The molecule has 7 heteroatoms. The van der Waals surface area contributed by atoms with Crippen LogP contribution in [0.3, 0.4) is 0 Å². The Kier molecular flexibility index (Phi) is 8.22. The highest BCUT2D eigenvalue weighted by Gasteiger charge is 2.43. The van der Waals surface area contributed by atoms with Gasteiger partial charge >= 0.3 is 14.5 Å². The van der Waals surface area contributed by atoms with Crippen LogP contribution in [0.4, 0.5) is 0 Å². The first-order valence-corrected chi connectivity index (χ1v) is 18.2. The first kappa shape index (κ1) is 23.0. The van der Waals surface area contributed by atoms with E-state index in [0.29, 0.717) is 12.8 Å². The topological polar surface area (TPSA) is 44.8 Å². The molecular weight excluding hydrogens is 376 g/mol. The maximum atomic E-state index is 12.1. The van der Waals surface area contributed by atoms with Crippen LogP contribution < -0.4 is 0 Å². The smallest absolute Gasteiger partial charge is 0.347 e. The largest absolute Gasteiger partial charge is 0.461 e. The molecule has 0 saturated heterocycles. The highest BCUT2D eigenvalue weighted by molar-refractivity contribution is 6.90. The van der Waals surface area contributed by atoms with Crippen LogP contribution in [0.5, 0.6) is 0 Å². The molecule has 0 spiro atoms. The van der Waals surface area contributed by atoms with Gasteiger partial charge in [-0.2, -0.15) is 0 Å². The summed E-state index contributed by atoms with van der Waals surface area (Å²) < 4.78 is 18.3. The van der Waals surface area contributed by atoms with E-state index in [1.807, 2.05) is 36.9 Å². The predicted octanol–water partition coefficient (Wildman–Crippen LogP) is 5.03. The van der Waals surface area contributed by atoms with E-state index >= 15 is 0 Å². The molecule has 0 aliphatic rings. The molecule has 0 aliphatic heterocycles. The summed E-state index contributed by atoms with van der Waals surface area (Å²) in [4.78, 5) is 12.1. The Morgan fingerprint density at radius 2 is 1.42 bits per heavy atom. The molecule has 0 saturated carbocycles. The van der Waals surface area contributed by atoms with Gasteiger partial charge in [-0.1, -0.05) is 36.9 Å². The van der Waals surface area contributed by atoms with E-state index < -0.39 is 25.2 Å². The van der Waals surface area contributed by atoms with Gasteiger partial charge in [-0.05, 0) is 57.8 Å². The zero-order chi connectivity index (χ0) is 20.0. The van der Waals surface area contributed by atoms with Crippen LogP contribution in [-0.4, -0.2) is 37.8 Å². The fraction of sp³-hybridized carbons (Fsp3) is 0.526. The summed E-state index contributed by atoms with van der Waals surface area (Å²) in [6.45, 7) is 19.2. The van der Waals surface area contributed by atoms with Gasteiger partial charge in [-0.3, -0.25) is 4.79 Å². The summed E-state index contributed by atoms with van der Waals surface area (Å²) in [5.41, 5.74) is 1.13. The van der Waals surface area contributed by atoms with Crippen molar-refractivity contribution in [1.29, 1.82) is 0 Å². The Morgan fingerprint density at radius 3 is 1.88 bits per heavy atom. The number of hydrogen-bond acceptors (Lipinski definition) is 4. The Labute approximate surface area is 162 Å². The minimum absolute atomic E-state index is 0.172. The summed E-state index contributed by atoms with van der Waals surface area (Å²) in [6.07, 6.45) is 1.04. The summed E-state index contributed by atoms with van der Waals surface area (Å²) in [5.74, 6) is -0.215. The molecule has 0 fully saturated rings. The number of aryl methyl sites for hydroxylation is 1. The fourth-order valence-electron chi connectivity index (χ4n) is 2.60. The van der Waals surface area contributed by atoms with Crippen LogP contribution in [0.2, 0.25) is 45.8 Å². The molecular formula is C19H34O4Si3. The van der Waals surface area contributed by atoms with Crippen LogP contribution in [0.1, 0.15) is 12.0 Å². The van der Waals surface area contributed by atoms with E-state index in [0.717, 1.165) is 10.8 Å². The molecule has 146 valence electrons. The maximum Gasteiger partial charge on any atom is 0.347 e. The normalized spacial score (nSPS) is 12.7. The second-order valence-electron chi connectivity index (χ2n) is 8.62. The van der Waals surface area contributed by atoms with Crippen molar-refractivity contribution in [3.63, 3.8) is 0 Å². The number of rotatable bonds is 10. The summed E-state index contributed by atoms with van der Waals surface area (Å²) in [6, 6.07) is 9.94. The van der Waals surface area contributed by atoms with Crippen molar-refractivity contribution in [2.75, 3.05) is 6.61 Å². The predicted molar refractivity (Wildman–Crippen MR) is 115 cm³/mol. The van der Waals surface area contributed by atoms with Crippen molar-refractivity contribution in [2.45, 2.75) is 58.7 Å². The Bertz CT molecular complexity index is 587. The number of hydrogen-bond donors (Lipinski definition) is 0. The Balaban J connectivity index is 2.63. The molecule has 0 heterocycles. The molecule has 0 unspecified atom stereocenters. The highest BCUT2D eigenvalue weighted by Crippen LogP contribution is 2.26. The zero-order valence-corrected chi connectivity index (χ0v) is 20.3. The van der Waals surface area contributed by atoms with Gasteiger partial charge < -0.3 is 13.0 Å². The Morgan fingerprint density at radius 1 is 0.923 bits per heavy atom. The summed E-state index contributed by atoms with van der Waals surface area (Å²) in [7, 11) is -6.25. The van der Waals surface area contributed by atoms with E-state index in [1.54, 1.807) is 0 Å². The lowest BCUT2D eigenvalue weighted by Gasteiger charge is -2.39. The standard InChI is InChI=1S/C19H34O4Si3/c1-17(26(8,22-24(2,3)4)23-25(5,6)7)16-21-19(20)15-14-18-12-10-9-11-13-18/h9-13H,1,14-16H2,2-8H3. The third-order valence-electron chi connectivity index (χ3n) is 3.51. The van der Waals surface area contributed by atoms with Gasteiger partial charge in [0.15, 0.2) is 16.6 Å². The molecule has 0 amide bonds. The van der Waals surface area contributed by atoms with Gasteiger partial charge in [0.2, 0.25) is 0 Å². The molecule has 0 aromatic heterocycles. The highest BCUT2D eigenvalue weighted by atomic mass is 28.5. The lowest BCUT2D eigenvalue weighted by molar-refractivity contribution is -0.142. The second-order valence-corrected chi connectivity index (χ2v) is 21.3. The molecule has 4 nitrogen and oxygen atoms in total. The summed E-state index contributed by atoms with van der Waals surface area (Å²) >= 11 is 0. The second kappa shape index (κ2) is 9.27. The van der Waals surface area contributed by atoms with Gasteiger partial charge in [-0.15, -0.1) is 0 Å². The Hall–Kier alpha value is -0.999. The van der Waals surface area contributed by atoms with Crippen LogP contribution in [0, 0.1) is 0 Å². The van der Waals surface area contributed by atoms with E-state index in [2.05, 4.69) is 45.9 Å².